The summed E-state index contributed by atoms with van der Waals surface area (Å²) in [4.78, 5) is 13.1. The van der Waals surface area contributed by atoms with Crippen molar-refractivity contribution in [2.45, 2.75) is 19.0 Å². The quantitative estimate of drug-likeness (QED) is 0.766. The van der Waals surface area contributed by atoms with E-state index in [2.05, 4.69) is 34.6 Å². The molecule has 1 fully saturated rings. The van der Waals surface area contributed by atoms with E-state index in [1.807, 2.05) is 18.2 Å². The van der Waals surface area contributed by atoms with Crippen LogP contribution < -0.4 is 10.6 Å². The Labute approximate surface area is 113 Å². The fourth-order valence-corrected chi connectivity index (χ4v) is 2.56. The van der Waals surface area contributed by atoms with Crippen molar-refractivity contribution in [1.29, 1.82) is 0 Å². The minimum Gasteiger partial charge on any atom is -0.465 e. The highest BCUT2D eigenvalue weighted by molar-refractivity contribution is 5.64. The summed E-state index contributed by atoms with van der Waals surface area (Å²) in [6.45, 7) is 5.38. The van der Waals surface area contributed by atoms with E-state index in [0.717, 1.165) is 25.2 Å². The van der Waals surface area contributed by atoms with E-state index >= 15 is 0 Å². The number of piperazine rings is 1. The summed E-state index contributed by atoms with van der Waals surface area (Å²) in [5.74, 6) is 0. The molecule has 1 aromatic carbocycles. The molecular formula is C14H21N3O2. The van der Waals surface area contributed by atoms with Gasteiger partial charge >= 0.3 is 6.09 Å². The lowest BCUT2D eigenvalue weighted by Crippen LogP contribution is -2.52. The number of amides is 1. The zero-order valence-electron chi connectivity index (χ0n) is 11.2. The van der Waals surface area contributed by atoms with Crippen LogP contribution in [-0.4, -0.2) is 48.3 Å². The smallest absolute Gasteiger partial charge is 0.404 e. The van der Waals surface area contributed by atoms with E-state index in [1.165, 1.54) is 0 Å². The van der Waals surface area contributed by atoms with E-state index in [9.17, 15) is 4.79 Å². The van der Waals surface area contributed by atoms with E-state index < -0.39 is 6.09 Å². The van der Waals surface area contributed by atoms with Gasteiger partial charge in [-0.05, 0) is 12.5 Å². The van der Waals surface area contributed by atoms with Gasteiger partial charge in [0.1, 0.15) is 0 Å². The number of hydrogen-bond donors (Lipinski definition) is 3. The van der Waals surface area contributed by atoms with Gasteiger partial charge in [0.05, 0.1) is 6.04 Å². The van der Waals surface area contributed by atoms with Crippen LogP contribution >= 0.6 is 0 Å². The minimum absolute atomic E-state index is 0.0989. The molecule has 1 aliphatic rings. The van der Waals surface area contributed by atoms with Crippen molar-refractivity contribution in [3.05, 3.63) is 35.9 Å². The van der Waals surface area contributed by atoms with Crippen molar-refractivity contribution in [1.82, 2.24) is 15.5 Å². The lowest BCUT2D eigenvalue weighted by Gasteiger charge is -2.38. The zero-order chi connectivity index (χ0) is 13.7. The second-order valence-corrected chi connectivity index (χ2v) is 4.96. The van der Waals surface area contributed by atoms with E-state index in [1.54, 1.807) is 0 Å². The molecule has 104 valence electrons. The summed E-state index contributed by atoms with van der Waals surface area (Å²) in [6.07, 6.45) is -0.968. The molecule has 2 rings (SSSR count). The van der Waals surface area contributed by atoms with Gasteiger partial charge in [-0.25, -0.2) is 4.79 Å². The Morgan fingerprint density at radius 1 is 1.53 bits per heavy atom. The zero-order valence-corrected chi connectivity index (χ0v) is 11.2. The van der Waals surface area contributed by atoms with Gasteiger partial charge in [0, 0.05) is 32.2 Å². The molecule has 3 N–H and O–H groups in total. The van der Waals surface area contributed by atoms with Crippen LogP contribution in [0.3, 0.4) is 0 Å². The SMILES string of the molecule is C[C@@H]1CN([C@H](CNC(=O)O)c2ccccc2)CCN1. The number of carboxylic acid groups (broad SMARTS) is 1. The maximum Gasteiger partial charge on any atom is 0.404 e. The Morgan fingerprint density at radius 3 is 2.89 bits per heavy atom. The third-order valence-electron chi connectivity index (χ3n) is 3.47. The molecule has 0 radical (unpaired) electrons. The third-order valence-corrected chi connectivity index (χ3v) is 3.47. The molecule has 1 aliphatic heterocycles. The molecule has 0 saturated carbocycles. The average molecular weight is 263 g/mol. The number of nitrogens with zero attached hydrogens (tertiary/aromatic N) is 1. The number of hydrogen-bond acceptors (Lipinski definition) is 3. The van der Waals surface area contributed by atoms with Gasteiger partial charge in [-0.15, -0.1) is 0 Å². The van der Waals surface area contributed by atoms with Crippen molar-refractivity contribution in [3.8, 4) is 0 Å². The molecule has 0 aliphatic carbocycles. The number of benzene rings is 1. The van der Waals surface area contributed by atoms with Gasteiger partial charge in [0.25, 0.3) is 0 Å². The first-order chi connectivity index (χ1) is 9.16. The molecule has 1 aromatic rings. The van der Waals surface area contributed by atoms with Crippen LogP contribution in [0, 0.1) is 0 Å². The lowest BCUT2D eigenvalue weighted by atomic mass is 10.0. The van der Waals surface area contributed by atoms with Gasteiger partial charge < -0.3 is 15.7 Å². The lowest BCUT2D eigenvalue weighted by molar-refractivity contribution is 0.141. The summed E-state index contributed by atoms with van der Waals surface area (Å²) in [5, 5.41) is 14.7. The van der Waals surface area contributed by atoms with Gasteiger partial charge in [-0.3, -0.25) is 4.90 Å². The van der Waals surface area contributed by atoms with Crippen molar-refractivity contribution < 1.29 is 9.90 Å². The monoisotopic (exact) mass is 263 g/mol. The number of rotatable bonds is 4. The Kier molecular flexibility index (Phi) is 4.76. The molecular weight excluding hydrogens is 242 g/mol. The van der Waals surface area contributed by atoms with Crippen molar-refractivity contribution in [3.63, 3.8) is 0 Å². The molecule has 1 amide bonds. The molecule has 1 saturated heterocycles. The Bertz CT molecular complexity index is 410. The van der Waals surface area contributed by atoms with Crippen LogP contribution in [0.15, 0.2) is 30.3 Å². The predicted octanol–water partition coefficient (Wildman–Crippen LogP) is 1.29. The maximum atomic E-state index is 10.7. The Hall–Kier alpha value is -1.59. The fourth-order valence-electron chi connectivity index (χ4n) is 2.56. The molecule has 5 heteroatoms. The maximum absolute atomic E-state index is 10.7. The van der Waals surface area contributed by atoms with E-state index in [-0.39, 0.29) is 6.04 Å². The highest BCUT2D eigenvalue weighted by Crippen LogP contribution is 2.21. The molecule has 0 aromatic heterocycles. The molecule has 0 spiro atoms. The molecule has 19 heavy (non-hydrogen) atoms. The van der Waals surface area contributed by atoms with E-state index in [4.69, 9.17) is 5.11 Å². The normalized spacial score (nSPS) is 21.8. The van der Waals surface area contributed by atoms with Crippen molar-refractivity contribution in [2.75, 3.05) is 26.2 Å². The van der Waals surface area contributed by atoms with E-state index in [0.29, 0.717) is 12.6 Å². The molecule has 1 heterocycles. The molecule has 0 unspecified atom stereocenters. The molecule has 5 nitrogen and oxygen atoms in total. The first kappa shape index (κ1) is 13.8. The van der Waals surface area contributed by atoms with Crippen LogP contribution in [0.5, 0.6) is 0 Å². The number of carbonyl (C=O) groups is 1. The standard InChI is InChI=1S/C14H21N3O2/c1-11-10-17(8-7-15-11)13(9-16-14(18)19)12-5-3-2-4-6-12/h2-6,11,13,15-16H,7-10H2,1H3,(H,18,19)/t11-,13-/m1/s1. The Balaban J connectivity index is 2.11. The first-order valence-corrected chi connectivity index (χ1v) is 6.66. The summed E-state index contributed by atoms with van der Waals surface area (Å²) < 4.78 is 0. The van der Waals surface area contributed by atoms with Crippen molar-refractivity contribution in [2.24, 2.45) is 0 Å². The Morgan fingerprint density at radius 2 is 2.26 bits per heavy atom. The van der Waals surface area contributed by atoms with Crippen LogP contribution in [-0.2, 0) is 0 Å². The van der Waals surface area contributed by atoms with Crippen LogP contribution in [0.2, 0.25) is 0 Å². The minimum atomic E-state index is -0.968. The second kappa shape index (κ2) is 6.54. The van der Waals surface area contributed by atoms with Gasteiger partial charge in [-0.1, -0.05) is 30.3 Å². The van der Waals surface area contributed by atoms with Gasteiger partial charge in [-0.2, -0.15) is 0 Å². The van der Waals surface area contributed by atoms with Crippen LogP contribution in [0.25, 0.3) is 0 Å². The summed E-state index contributed by atoms with van der Waals surface area (Å²) in [7, 11) is 0. The third kappa shape index (κ3) is 3.94. The largest absolute Gasteiger partial charge is 0.465 e. The van der Waals surface area contributed by atoms with Gasteiger partial charge in [0.15, 0.2) is 0 Å². The molecule has 0 bridgehead atoms. The summed E-state index contributed by atoms with van der Waals surface area (Å²) in [6, 6.07) is 10.6. The van der Waals surface area contributed by atoms with Crippen LogP contribution in [0.1, 0.15) is 18.5 Å². The summed E-state index contributed by atoms with van der Waals surface area (Å²) >= 11 is 0. The predicted molar refractivity (Wildman–Crippen MR) is 74.2 cm³/mol. The second-order valence-electron chi connectivity index (χ2n) is 4.96. The first-order valence-electron chi connectivity index (χ1n) is 6.66. The molecule has 2 atom stereocenters. The highest BCUT2D eigenvalue weighted by atomic mass is 16.4. The van der Waals surface area contributed by atoms with Crippen molar-refractivity contribution >= 4 is 6.09 Å². The fraction of sp³-hybridized carbons (Fsp3) is 0.500. The highest BCUT2D eigenvalue weighted by Gasteiger charge is 2.25. The topological polar surface area (TPSA) is 64.6 Å². The van der Waals surface area contributed by atoms with Crippen LogP contribution in [0.4, 0.5) is 4.79 Å². The van der Waals surface area contributed by atoms with Gasteiger partial charge in [0.2, 0.25) is 0 Å². The summed E-state index contributed by atoms with van der Waals surface area (Å²) in [5.41, 5.74) is 1.16. The average Bonchev–Trinajstić information content (AvgIpc) is 2.40. The number of nitrogens with one attached hydrogen (secondary N) is 2.